The molecule has 2 aromatic rings. The van der Waals surface area contributed by atoms with Crippen molar-refractivity contribution in [3.63, 3.8) is 0 Å². The maximum absolute atomic E-state index is 13.2. The molecule has 0 amide bonds. The number of halogens is 3. The average molecular weight is 330 g/mol. The standard InChI is InChI=1S/C14H11BrClFO/c1-8-6-9(3-5-13(8)17)14(18)10-2-4-12(16)11(15)7-10/h2-7,14,18H,1H3. The Balaban J connectivity index is 2.37. The van der Waals surface area contributed by atoms with Crippen molar-refractivity contribution in [1.29, 1.82) is 0 Å². The van der Waals surface area contributed by atoms with E-state index in [-0.39, 0.29) is 5.82 Å². The van der Waals surface area contributed by atoms with Crippen LogP contribution in [0.2, 0.25) is 5.02 Å². The molecule has 0 aliphatic rings. The van der Waals surface area contributed by atoms with Crippen LogP contribution >= 0.6 is 27.5 Å². The van der Waals surface area contributed by atoms with Crippen LogP contribution in [0.25, 0.3) is 0 Å². The number of aliphatic hydroxyl groups is 1. The highest BCUT2D eigenvalue weighted by Crippen LogP contribution is 2.29. The molecule has 0 aliphatic carbocycles. The van der Waals surface area contributed by atoms with Gasteiger partial charge in [-0.1, -0.05) is 29.8 Å². The molecular formula is C14H11BrClFO. The fraction of sp³-hybridized carbons (Fsp3) is 0.143. The number of aryl methyl sites for hydroxylation is 1. The average Bonchev–Trinajstić information content (AvgIpc) is 2.35. The van der Waals surface area contributed by atoms with Gasteiger partial charge in [0.15, 0.2) is 0 Å². The molecule has 1 nitrogen and oxygen atoms in total. The number of rotatable bonds is 2. The lowest BCUT2D eigenvalue weighted by atomic mass is 10.00. The topological polar surface area (TPSA) is 20.2 Å². The summed E-state index contributed by atoms with van der Waals surface area (Å²) in [7, 11) is 0. The van der Waals surface area contributed by atoms with Crippen molar-refractivity contribution in [2.24, 2.45) is 0 Å². The van der Waals surface area contributed by atoms with E-state index in [1.54, 1.807) is 37.3 Å². The van der Waals surface area contributed by atoms with Crippen molar-refractivity contribution >= 4 is 27.5 Å². The molecular weight excluding hydrogens is 319 g/mol. The largest absolute Gasteiger partial charge is 0.384 e. The molecule has 0 spiro atoms. The molecule has 1 atom stereocenters. The highest BCUT2D eigenvalue weighted by atomic mass is 79.9. The van der Waals surface area contributed by atoms with Crippen LogP contribution in [0.1, 0.15) is 22.8 Å². The van der Waals surface area contributed by atoms with Gasteiger partial charge in [0.05, 0.1) is 5.02 Å². The van der Waals surface area contributed by atoms with Crippen molar-refractivity contribution < 1.29 is 9.50 Å². The normalized spacial score (nSPS) is 12.5. The van der Waals surface area contributed by atoms with Crippen LogP contribution in [-0.4, -0.2) is 5.11 Å². The first-order valence-corrected chi connectivity index (χ1v) is 6.55. The fourth-order valence-electron chi connectivity index (χ4n) is 1.71. The molecule has 0 bridgehead atoms. The predicted octanol–water partition coefficient (Wildman–Crippen LogP) is 4.63. The maximum Gasteiger partial charge on any atom is 0.126 e. The summed E-state index contributed by atoms with van der Waals surface area (Å²) in [5.41, 5.74) is 1.87. The van der Waals surface area contributed by atoms with Crippen LogP contribution in [0.4, 0.5) is 4.39 Å². The lowest BCUT2D eigenvalue weighted by Gasteiger charge is -2.13. The fourth-order valence-corrected chi connectivity index (χ4v) is 2.23. The number of hydrogen-bond acceptors (Lipinski definition) is 1. The van der Waals surface area contributed by atoms with E-state index in [0.29, 0.717) is 21.7 Å². The van der Waals surface area contributed by atoms with Gasteiger partial charge in [0.1, 0.15) is 11.9 Å². The van der Waals surface area contributed by atoms with Crippen LogP contribution in [0.5, 0.6) is 0 Å². The van der Waals surface area contributed by atoms with Gasteiger partial charge in [0.2, 0.25) is 0 Å². The third-order valence-electron chi connectivity index (χ3n) is 2.76. The van der Waals surface area contributed by atoms with Crippen LogP contribution in [0.15, 0.2) is 40.9 Å². The Hall–Kier alpha value is -0.900. The molecule has 2 rings (SSSR count). The van der Waals surface area contributed by atoms with E-state index in [9.17, 15) is 9.50 Å². The quantitative estimate of drug-likeness (QED) is 0.851. The van der Waals surface area contributed by atoms with E-state index in [1.807, 2.05) is 0 Å². The minimum absolute atomic E-state index is 0.275. The molecule has 0 saturated heterocycles. The Kier molecular flexibility index (Phi) is 4.05. The molecule has 0 radical (unpaired) electrons. The summed E-state index contributed by atoms with van der Waals surface area (Å²) in [5.74, 6) is -0.275. The molecule has 2 aromatic carbocycles. The second kappa shape index (κ2) is 5.39. The van der Waals surface area contributed by atoms with Crippen molar-refractivity contribution in [3.8, 4) is 0 Å². The molecule has 0 heterocycles. The van der Waals surface area contributed by atoms with Gasteiger partial charge in [-0.25, -0.2) is 4.39 Å². The van der Waals surface area contributed by atoms with Gasteiger partial charge in [-0.2, -0.15) is 0 Å². The van der Waals surface area contributed by atoms with Gasteiger partial charge in [0, 0.05) is 4.47 Å². The summed E-state index contributed by atoms with van der Waals surface area (Å²) in [6.07, 6.45) is -0.794. The third-order valence-corrected chi connectivity index (χ3v) is 3.97. The zero-order valence-electron chi connectivity index (χ0n) is 9.62. The SMILES string of the molecule is Cc1cc(C(O)c2ccc(Cl)c(Br)c2)ccc1F. The molecule has 0 saturated carbocycles. The smallest absolute Gasteiger partial charge is 0.126 e. The van der Waals surface area contributed by atoms with Crippen LogP contribution in [-0.2, 0) is 0 Å². The Morgan fingerprint density at radius 1 is 1.17 bits per heavy atom. The molecule has 1 N–H and O–H groups in total. The minimum Gasteiger partial charge on any atom is -0.384 e. The molecule has 0 aliphatic heterocycles. The summed E-state index contributed by atoms with van der Waals surface area (Å²) in [6, 6.07) is 9.79. The summed E-state index contributed by atoms with van der Waals surface area (Å²) < 4.78 is 13.9. The molecule has 0 fully saturated rings. The zero-order valence-corrected chi connectivity index (χ0v) is 12.0. The maximum atomic E-state index is 13.2. The van der Waals surface area contributed by atoms with Crippen molar-refractivity contribution in [2.75, 3.05) is 0 Å². The highest BCUT2D eigenvalue weighted by molar-refractivity contribution is 9.10. The first-order valence-electron chi connectivity index (χ1n) is 5.38. The molecule has 94 valence electrons. The number of aliphatic hydroxyl groups excluding tert-OH is 1. The zero-order chi connectivity index (χ0) is 13.3. The van der Waals surface area contributed by atoms with Gasteiger partial charge in [0.25, 0.3) is 0 Å². The molecule has 18 heavy (non-hydrogen) atoms. The summed E-state index contributed by atoms with van der Waals surface area (Å²) in [4.78, 5) is 0. The Bertz CT molecular complexity index is 535. The molecule has 4 heteroatoms. The first kappa shape index (κ1) is 13.5. The van der Waals surface area contributed by atoms with Gasteiger partial charge in [-0.3, -0.25) is 0 Å². The molecule has 0 aromatic heterocycles. The molecule has 1 unspecified atom stereocenters. The van der Waals surface area contributed by atoms with E-state index in [2.05, 4.69) is 15.9 Å². The van der Waals surface area contributed by atoms with E-state index in [4.69, 9.17) is 11.6 Å². The lowest BCUT2D eigenvalue weighted by Crippen LogP contribution is -2.00. The summed E-state index contributed by atoms with van der Waals surface area (Å²) in [6.45, 7) is 1.67. The summed E-state index contributed by atoms with van der Waals surface area (Å²) >= 11 is 9.21. The van der Waals surface area contributed by atoms with E-state index < -0.39 is 6.10 Å². The monoisotopic (exact) mass is 328 g/mol. The van der Waals surface area contributed by atoms with Crippen molar-refractivity contribution in [3.05, 3.63) is 68.4 Å². The van der Waals surface area contributed by atoms with Crippen LogP contribution in [0.3, 0.4) is 0 Å². The van der Waals surface area contributed by atoms with E-state index >= 15 is 0 Å². The second-order valence-electron chi connectivity index (χ2n) is 4.08. The summed E-state index contributed by atoms with van der Waals surface area (Å²) in [5, 5.41) is 10.8. The Morgan fingerprint density at radius 2 is 1.78 bits per heavy atom. The van der Waals surface area contributed by atoms with Gasteiger partial charge in [-0.05, 0) is 57.7 Å². The van der Waals surface area contributed by atoms with Crippen molar-refractivity contribution in [1.82, 2.24) is 0 Å². The number of hydrogen-bond donors (Lipinski definition) is 1. The third kappa shape index (κ3) is 2.74. The Labute approximate surface area is 118 Å². The minimum atomic E-state index is -0.794. The Morgan fingerprint density at radius 3 is 2.39 bits per heavy atom. The second-order valence-corrected chi connectivity index (χ2v) is 5.35. The predicted molar refractivity (Wildman–Crippen MR) is 74.4 cm³/mol. The first-order chi connectivity index (χ1) is 8.49. The van der Waals surface area contributed by atoms with Crippen LogP contribution in [0, 0.1) is 12.7 Å². The highest BCUT2D eigenvalue weighted by Gasteiger charge is 2.13. The van der Waals surface area contributed by atoms with Gasteiger partial charge < -0.3 is 5.11 Å². The van der Waals surface area contributed by atoms with Crippen LogP contribution < -0.4 is 0 Å². The van der Waals surface area contributed by atoms with E-state index in [0.717, 1.165) is 4.47 Å². The number of benzene rings is 2. The van der Waals surface area contributed by atoms with E-state index in [1.165, 1.54) is 6.07 Å². The lowest BCUT2D eigenvalue weighted by molar-refractivity contribution is 0.220. The van der Waals surface area contributed by atoms with Crippen molar-refractivity contribution in [2.45, 2.75) is 13.0 Å². The van der Waals surface area contributed by atoms with Gasteiger partial charge in [-0.15, -0.1) is 0 Å². The van der Waals surface area contributed by atoms with Gasteiger partial charge >= 0.3 is 0 Å².